The Hall–Kier alpha value is -1.71. The summed E-state index contributed by atoms with van der Waals surface area (Å²) in [5.41, 5.74) is 0.995. The van der Waals surface area contributed by atoms with E-state index in [1.54, 1.807) is 19.3 Å². The third kappa shape index (κ3) is 6.78. The number of allylic oxidation sites excluding steroid dienone is 3. The van der Waals surface area contributed by atoms with Gasteiger partial charge in [0.1, 0.15) is 11.4 Å². The van der Waals surface area contributed by atoms with Gasteiger partial charge in [-0.25, -0.2) is 4.79 Å². The lowest BCUT2D eigenvalue weighted by molar-refractivity contribution is 0.0547. The normalized spacial score (nSPS) is 13.0. The molecule has 0 aliphatic heterocycles. The number of hydrogen-bond donors (Lipinski definition) is 1. The summed E-state index contributed by atoms with van der Waals surface area (Å²) in [6.07, 6.45) is 3.05. The predicted octanol–water partition coefficient (Wildman–Crippen LogP) is 3.52. The number of hydrogen-bond acceptors (Lipinski definition) is 3. The van der Waals surface area contributed by atoms with Crippen molar-refractivity contribution in [2.45, 2.75) is 40.2 Å². The summed E-state index contributed by atoms with van der Waals surface area (Å²) in [5, 5.41) is 2.69. The maximum atomic E-state index is 11.6. The Labute approximate surface area is 109 Å². The van der Waals surface area contributed by atoms with Crippen LogP contribution in [0.1, 0.15) is 34.6 Å². The second kappa shape index (κ2) is 6.89. The molecule has 0 heterocycles. The van der Waals surface area contributed by atoms with Gasteiger partial charge in [0.2, 0.25) is 0 Å². The standard InChI is InChI=1S/C14H23NO3/c1-8-12(10(2)9-11(3)17-7)15-13(16)18-14(4,5)6/h8-9H,3H2,1-2,4-7H3,(H,15,16)/b10-9+,12-8+. The summed E-state index contributed by atoms with van der Waals surface area (Å²) in [4.78, 5) is 11.6. The van der Waals surface area contributed by atoms with E-state index < -0.39 is 11.7 Å². The van der Waals surface area contributed by atoms with Crippen LogP contribution in [0.15, 0.2) is 35.8 Å². The summed E-state index contributed by atoms with van der Waals surface area (Å²) < 4.78 is 10.1. The lowest BCUT2D eigenvalue weighted by Gasteiger charge is -2.20. The molecule has 0 aliphatic carbocycles. The Morgan fingerprint density at radius 2 is 1.89 bits per heavy atom. The van der Waals surface area contributed by atoms with Crippen molar-refractivity contribution in [3.63, 3.8) is 0 Å². The Morgan fingerprint density at radius 3 is 2.28 bits per heavy atom. The SMILES string of the molecule is C=C(/C=C(C)/C(=C\C)NC(=O)OC(C)(C)C)OC. The van der Waals surface area contributed by atoms with Crippen LogP contribution in [-0.4, -0.2) is 18.8 Å². The van der Waals surface area contributed by atoms with Crippen LogP contribution < -0.4 is 5.32 Å². The monoisotopic (exact) mass is 253 g/mol. The molecule has 4 heteroatoms. The quantitative estimate of drug-likeness (QED) is 0.616. The smallest absolute Gasteiger partial charge is 0.412 e. The number of methoxy groups -OCH3 is 1. The van der Waals surface area contributed by atoms with E-state index in [4.69, 9.17) is 9.47 Å². The highest BCUT2D eigenvalue weighted by Gasteiger charge is 2.17. The average molecular weight is 253 g/mol. The van der Waals surface area contributed by atoms with Crippen LogP contribution in [-0.2, 0) is 9.47 Å². The van der Waals surface area contributed by atoms with E-state index in [1.807, 2.05) is 34.6 Å². The minimum absolute atomic E-state index is 0.480. The second-order valence-corrected chi connectivity index (χ2v) is 4.83. The largest absolute Gasteiger partial charge is 0.497 e. The fourth-order valence-electron chi connectivity index (χ4n) is 1.19. The Balaban J connectivity index is 4.69. The van der Waals surface area contributed by atoms with Gasteiger partial charge in [0, 0.05) is 5.70 Å². The van der Waals surface area contributed by atoms with E-state index in [0.717, 1.165) is 5.57 Å². The van der Waals surface area contributed by atoms with Gasteiger partial charge in [0.15, 0.2) is 0 Å². The molecule has 102 valence electrons. The molecule has 0 radical (unpaired) electrons. The Morgan fingerprint density at radius 1 is 1.33 bits per heavy atom. The molecule has 0 saturated carbocycles. The van der Waals surface area contributed by atoms with Crippen LogP contribution in [0, 0.1) is 0 Å². The van der Waals surface area contributed by atoms with Crippen molar-refractivity contribution in [3.05, 3.63) is 35.8 Å². The molecule has 0 aromatic rings. The van der Waals surface area contributed by atoms with Crippen LogP contribution in [0.25, 0.3) is 0 Å². The zero-order valence-electron chi connectivity index (χ0n) is 12.1. The lowest BCUT2D eigenvalue weighted by Crippen LogP contribution is -2.32. The predicted molar refractivity (Wildman–Crippen MR) is 73.0 cm³/mol. The van der Waals surface area contributed by atoms with Crippen molar-refractivity contribution in [1.29, 1.82) is 0 Å². The number of carbonyl (C=O) groups is 1. The van der Waals surface area contributed by atoms with Gasteiger partial charge in [-0.1, -0.05) is 12.7 Å². The molecule has 0 saturated heterocycles. The van der Waals surface area contributed by atoms with Gasteiger partial charge in [0.25, 0.3) is 0 Å². The minimum atomic E-state index is -0.517. The fourth-order valence-corrected chi connectivity index (χ4v) is 1.19. The van der Waals surface area contributed by atoms with Crippen LogP contribution in [0.2, 0.25) is 0 Å². The molecular formula is C14H23NO3. The number of ether oxygens (including phenoxy) is 2. The first-order valence-electron chi connectivity index (χ1n) is 5.77. The molecule has 0 bridgehead atoms. The average Bonchev–Trinajstić information content (AvgIpc) is 2.22. The van der Waals surface area contributed by atoms with E-state index in [9.17, 15) is 4.79 Å². The van der Waals surface area contributed by atoms with Gasteiger partial charge in [-0.15, -0.1) is 0 Å². The van der Waals surface area contributed by atoms with Crippen molar-refractivity contribution in [3.8, 4) is 0 Å². The maximum absolute atomic E-state index is 11.6. The first-order chi connectivity index (χ1) is 8.19. The van der Waals surface area contributed by atoms with E-state index in [0.29, 0.717) is 11.5 Å². The molecule has 0 atom stereocenters. The molecule has 18 heavy (non-hydrogen) atoms. The van der Waals surface area contributed by atoms with Gasteiger partial charge in [-0.2, -0.15) is 0 Å². The van der Waals surface area contributed by atoms with Gasteiger partial charge >= 0.3 is 6.09 Å². The van der Waals surface area contributed by atoms with E-state index in [-0.39, 0.29) is 0 Å². The summed E-state index contributed by atoms with van der Waals surface area (Å²) in [5.74, 6) is 0.526. The van der Waals surface area contributed by atoms with Crippen molar-refractivity contribution in [1.82, 2.24) is 5.32 Å². The van der Waals surface area contributed by atoms with Gasteiger partial charge < -0.3 is 9.47 Å². The highest BCUT2D eigenvalue weighted by molar-refractivity contribution is 5.71. The molecule has 0 spiro atoms. The van der Waals surface area contributed by atoms with Gasteiger partial charge in [0.05, 0.1) is 7.11 Å². The van der Waals surface area contributed by atoms with Crippen molar-refractivity contribution in [2.24, 2.45) is 0 Å². The van der Waals surface area contributed by atoms with Crippen molar-refractivity contribution >= 4 is 6.09 Å². The van der Waals surface area contributed by atoms with Crippen molar-refractivity contribution < 1.29 is 14.3 Å². The topological polar surface area (TPSA) is 47.6 Å². The molecule has 0 unspecified atom stereocenters. The third-order valence-corrected chi connectivity index (χ3v) is 1.99. The van der Waals surface area contributed by atoms with Crippen LogP contribution in [0.3, 0.4) is 0 Å². The van der Waals surface area contributed by atoms with Gasteiger partial charge in [-0.05, 0) is 46.3 Å². The molecule has 0 rings (SSSR count). The summed E-state index contributed by atoms with van der Waals surface area (Å²) in [6.45, 7) is 12.8. The second-order valence-electron chi connectivity index (χ2n) is 4.83. The number of alkyl carbamates (subject to hydrolysis) is 1. The molecule has 1 N–H and O–H groups in total. The van der Waals surface area contributed by atoms with Crippen molar-refractivity contribution in [2.75, 3.05) is 7.11 Å². The number of nitrogens with one attached hydrogen (secondary N) is 1. The molecule has 0 aliphatic rings. The zero-order chi connectivity index (χ0) is 14.3. The molecule has 1 amide bonds. The first kappa shape index (κ1) is 16.3. The number of rotatable bonds is 4. The molecule has 0 aromatic carbocycles. The lowest BCUT2D eigenvalue weighted by atomic mass is 10.2. The summed E-state index contributed by atoms with van der Waals surface area (Å²) >= 11 is 0. The fraction of sp³-hybridized carbons (Fsp3) is 0.500. The third-order valence-electron chi connectivity index (χ3n) is 1.99. The zero-order valence-corrected chi connectivity index (χ0v) is 12.1. The highest BCUT2D eigenvalue weighted by atomic mass is 16.6. The minimum Gasteiger partial charge on any atom is -0.497 e. The Kier molecular flexibility index (Phi) is 6.23. The van der Waals surface area contributed by atoms with E-state index >= 15 is 0 Å². The molecule has 4 nitrogen and oxygen atoms in total. The van der Waals surface area contributed by atoms with Crippen LogP contribution in [0.4, 0.5) is 4.79 Å². The van der Waals surface area contributed by atoms with Crippen LogP contribution in [0.5, 0.6) is 0 Å². The van der Waals surface area contributed by atoms with E-state index in [1.165, 1.54) is 0 Å². The number of carbonyl (C=O) groups excluding carboxylic acids is 1. The maximum Gasteiger partial charge on any atom is 0.412 e. The summed E-state index contributed by atoms with van der Waals surface area (Å²) in [6, 6.07) is 0. The number of amides is 1. The van der Waals surface area contributed by atoms with Crippen LogP contribution >= 0.6 is 0 Å². The molecule has 0 fully saturated rings. The van der Waals surface area contributed by atoms with E-state index in [2.05, 4.69) is 11.9 Å². The highest BCUT2D eigenvalue weighted by Crippen LogP contribution is 2.12. The summed E-state index contributed by atoms with van der Waals surface area (Å²) in [7, 11) is 1.54. The molecular weight excluding hydrogens is 230 g/mol. The molecule has 0 aromatic heterocycles. The Bertz CT molecular complexity index is 373. The first-order valence-corrected chi connectivity index (χ1v) is 5.77. The van der Waals surface area contributed by atoms with Gasteiger partial charge in [-0.3, -0.25) is 5.32 Å².